The zero-order valence-corrected chi connectivity index (χ0v) is 11.7. The summed E-state index contributed by atoms with van der Waals surface area (Å²) in [6.07, 6.45) is 5.57. The third-order valence-corrected chi connectivity index (χ3v) is 3.89. The number of amidine groups is 1. The van der Waals surface area contributed by atoms with E-state index >= 15 is 0 Å². The lowest BCUT2D eigenvalue weighted by atomic mass is 9.91. The van der Waals surface area contributed by atoms with Crippen LogP contribution >= 0.6 is 0 Å². The van der Waals surface area contributed by atoms with E-state index in [1.165, 1.54) is 0 Å². The molecule has 0 radical (unpaired) electrons. The average molecular weight is 278 g/mol. The SMILES string of the molecule is CN(Cc1ccnc(/C(N)=N/O)c1)C1CCCCC1O. The largest absolute Gasteiger partial charge is 0.409 e. The van der Waals surface area contributed by atoms with Gasteiger partial charge in [0.2, 0.25) is 0 Å². The average Bonchev–Trinajstić information content (AvgIpc) is 2.47. The van der Waals surface area contributed by atoms with Crippen molar-refractivity contribution < 1.29 is 10.3 Å². The Morgan fingerprint density at radius 3 is 2.95 bits per heavy atom. The first-order valence-corrected chi connectivity index (χ1v) is 6.93. The van der Waals surface area contributed by atoms with Gasteiger partial charge < -0.3 is 16.0 Å². The van der Waals surface area contributed by atoms with Crippen molar-refractivity contribution in [2.24, 2.45) is 10.9 Å². The molecule has 2 atom stereocenters. The summed E-state index contributed by atoms with van der Waals surface area (Å²) in [7, 11) is 2.02. The summed E-state index contributed by atoms with van der Waals surface area (Å²) in [5.74, 6) is 0.00667. The Kier molecular flexibility index (Phi) is 4.92. The number of nitrogens with zero attached hydrogens (tertiary/aromatic N) is 3. The highest BCUT2D eigenvalue weighted by atomic mass is 16.4. The van der Waals surface area contributed by atoms with Gasteiger partial charge >= 0.3 is 0 Å². The normalized spacial score (nSPS) is 24.1. The third kappa shape index (κ3) is 3.46. The van der Waals surface area contributed by atoms with Crippen LogP contribution in [-0.2, 0) is 6.54 Å². The summed E-state index contributed by atoms with van der Waals surface area (Å²) in [5, 5.41) is 21.7. The number of pyridine rings is 1. The lowest BCUT2D eigenvalue weighted by Gasteiger charge is -2.35. The Bertz CT molecular complexity index is 478. The number of likely N-dealkylation sites (N-methyl/N-ethyl adjacent to an activating group) is 1. The van der Waals surface area contributed by atoms with Crippen molar-refractivity contribution in [3.05, 3.63) is 29.6 Å². The van der Waals surface area contributed by atoms with E-state index in [9.17, 15) is 5.11 Å². The number of aliphatic hydroxyl groups is 1. The molecule has 110 valence electrons. The molecule has 1 aromatic rings. The van der Waals surface area contributed by atoms with Gasteiger partial charge in [-0.3, -0.25) is 9.88 Å². The van der Waals surface area contributed by atoms with Crippen LogP contribution in [0.5, 0.6) is 0 Å². The van der Waals surface area contributed by atoms with Gasteiger partial charge in [-0.05, 0) is 37.6 Å². The standard InChI is InChI=1S/C14H22N4O2/c1-18(12-4-2-3-5-13(12)19)9-10-6-7-16-11(8-10)14(15)17-20/h6-8,12-13,19-20H,2-5,9H2,1H3,(H2,15,17). The smallest absolute Gasteiger partial charge is 0.188 e. The van der Waals surface area contributed by atoms with Gasteiger partial charge in [0.05, 0.1) is 6.10 Å². The minimum atomic E-state index is -0.251. The molecule has 1 fully saturated rings. The molecule has 4 N–H and O–H groups in total. The molecule has 1 aliphatic rings. The van der Waals surface area contributed by atoms with Crippen LogP contribution in [0, 0.1) is 0 Å². The van der Waals surface area contributed by atoms with Crippen molar-refractivity contribution in [1.29, 1.82) is 0 Å². The summed E-state index contributed by atoms with van der Waals surface area (Å²) in [6.45, 7) is 0.704. The molecule has 1 heterocycles. The molecule has 1 aromatic heterocycles. The van der Waals surface area contributed by atoms with E-state index in [4.69, 9.17) is 10.9 Å². The van der Waals surface area contributed by atoms with E-state index in [1.54, 1.807) is 12.3 Å². The van der Waals surface area contributed by atoms with Crippen LogP contribution < -0.4 is 5.73 Å². The van der Waals surface area contributed by atoms with Crippen molar-refractivity contribution in [3.63, 3.8) is 0 Å². The number of oxime groups is 1. The van der Waals surface area contributed by atoms with Crippen LogP contribution in [0.1, 0.15) is 36.9 Å². The maximum absolute atomic E-state index is 10.1. The van der Waals surface area contributed by atoms with Crippen molar-refractivity contribution >= 4 is 5.84 Å². The molecule has 1 aliphatic carbocycles. The molecule has 0 spiro atoms. The lowest BCUT2D eigenvalue weighted by Crippen LogP contribution is -2.42. The van der Waals surface area contributed by atoms with Gasteiger partial charge in [-0.1, -0.05) is 18.0 Å². The van der Waals surface area contributed by atoms with E-state index in [2.05, 4.69) is 15.0 Å². The first-order chi connectivity index (χ1) is 9.61. The van der Waals surface area contributed by atoms with Gasteiger partial charge in [-0.2, -0.15) is 0 Å². The quantitative estimate of drug-likeness (QED) is 0.329. The highest BCUT2D eigenvalue weighted by Crippen LogP contribution is 2.23. The molecule has 1 saturated carbocycles. The van der Waals surface area contributed by atoms with Crippen LogP contribution in [0.15, 0.2) is 23.5 Å². The summed E-state index contributed by atoms with van der Waals surface area (Å²) in [4.78, 5) is 6.22. The molecule has 6 heteroatoms. The summed E-state index contributed by atoms with van der Waals surface area (Å²) in [6, 6.07) is 3.91. The maximum Gasteiger partial charge on any atom is 0.188 e. The molecule has 0 amide bonds. The number of hydrogen-bond donors (Lipinski definition) is 3. The van der Waals surface area contributed by atoms with E-state index in [0.717, 1.165) is 31.2 Å². The monoisotopic (exact) mass is 278 g/mol. The maximum atomic E-state index is 10.1. The fourth-order valence-electron chi connectivity index (χ4n) is 2.78. The Labute approximate surface area is 118 Å². The number of aromatic nitrogens is 1. The second-order valence-corrected chi connectivity index (χ2v) is 5.37. The van der Waals surface area contributed by atoms with Crippen molar-refractivity contribution in [2.45, 2.75) is 44.4 Å². The zero-order valence-electron chi connectivity index (χ0n) is 11.7. The van der Waals surface area contributed by atoms with E-state index in [0.29, 0.717) is 12.2 Å². The molecule has 2 unspecified atom stereocenters. The second kappa shape index (κ2) is 6.67. The van der Waals surface area contributed by atoms with E-state index in [-0.39, 0.29) is 18.0 Å². The Morgan fingerprint density at radius 1 is 1.50 bits per heavy atom. The van der Waals surface area contributed by atoms with Crippen LogP contribution in [0.25, 0.3) is 0 Å². The fourth-order valence-corrected chi connectivity index (χ4v) is 2.78. The predicted octanol–water partition coefficient (Wildman–Crippen LogP) is 0.911. The predicted molar refractivity (Wildman–Crippen MR) is 76.5 cm³/mol. The first-order valence-electron chi connectivity index (χ1n) is 6.93. The van der Waals surface area contributed by atoms with Gasteiger partial charge in [-0.25, -0.2) is 0 Å². The fraction of sp³-hybridized carbons (Fsp3) is 0.571. The highest BCUT2D eigenvalue weighted by molar-refractivity contribution is 5.95. The molecule has 0 saturated heterocycles. The molecular weight excluding hydrogens is 256 g/mol. The van der Waals surface area contributed by atoms with Gasteiger partial charge in [0, 0.05) is 18.8 Å². The molecular formula is C14H22N4O2. The molecule has 0 bridgehead atoms. The van der Waals surface area contributed by atoms with Crippen LogP contribution in [0.3, 0.4) is 0 Å². The minimum Gasteiger partial charge on any atom is -0.409 e. The van der Waals surface area contributed by atoms with Gasteiger partial charge in [0.15, 0.2) is 5.84 Å². The van der Waals surface area contributed by atoms with E-state index < -0.39 is 0 Å². The van der Waals surface area contributed by atoms with Crippen LogP contribution in [0.4, 0.5) is 0 Å². The number of rotatable bonds is 4. The summed E-state index contributed by atoms with van der Waals surface area (Å²) >= 11 is 0. The molecule has 20 heavy (non-hydrogen) atoms. The highest BCUT2D eigenvalue weighted by Gasteiger charge is 2.26. The van der Waals surface area contributed by atoms with Crippen molar-refractivity contribution in [2.75, 3.05) is 7.05 Å². The second-order valence-electron chi connectivity index (χ2n) is 5.37. The molecule has 6 nitrogen and oxygen atoms in total. The molecule has 0 aliphatic heterocycles. The Balaban J connectivity index is 2.05. The van der Waals surface area contributed by atoms with Crippen LogP contribution in [0.2, 0.25) is 0 Å². The van der Waals surface area contributed by atoms with Gasteiger partial charge in [0.25, 0.3) is 0 Å². The van der Waals surface area contributed by atoms with Gasteiger partial charge in [-0.15, -0.1) is 0 Å². The topological polar surface area (TPSA) is 95.0 Å². The zero-order chi connectivity index (χ0) is 14.5. The van der Waals surface area contributed by atoms with E-state index in [1.807, 2.05) is 13.1 Å². The lowest BCUT2D eigenvalue weighted by molar-refractivity contribution is 0.0288. The summed E-state index contributed by atoms with van der Waals surface area (Å²) < 4.78 is 0. The molecule has 0 aromatic carbocycles. The number of nitrogens with two attached hydrogens (primary N) is 1. The van der Waals surface area contributed by atoms with Crippen LogP contribution in [-0.4, -0.2) is 45.2 Å². The third-order valence-electron chi connectivity index (χ3n) is 3.89. The molecule has 2 rings (SSSR count). The first kappa shape index (κ1) is 14.7. The Hall–Kier alpha value is -1.66. The summed E-state index contributed by atoms with van der Waals surface area (Å²) in [5.41, 5.74) is 7.03. The van der Waals surface area contributed by atoms with Crippen molar-refractivity contribution in [1.82, 2.24) is 9.88 Å². The number of aliphatic hydroxyl groups excluding tert-OH is 1. The number of hydrogen-bond acceptors (Lipinski definition) is 5. The van der Waals surface area contributed by atoms with Gasteiger partial charge in [0.1, 0.15) is 5.69 Å². The Morgan fingerprint density at radius 2 is 2.25 bits per heavy atom. The minimum absolute atomic E-state index is 0.00667. The van der Waals surface area contributed by atoms with Crippen molar-refractivity contribution in [3.8, 4) is 0 Å².